The van der Waals surface area contributed by atoms with Crippen LogP contribution in [0.25, 0.3) is 11.4 Å². The Labute approximate surface area is 199 Å². The zero-order valence-electron chi connectivity index (χ0n) is 19.7. The highest BCUT2D eigenvalue weighted by Crippen LogP contribution is 2.40. The van der Waals surface area contributed by atoms with Gasteiger partial charge < -0.3 is 24.4 Å². The third-order valence-corrected chi connectivity index (χ3v) is 5.75. The van der Waals surface area contributed by atoms with Gasteiger partial charge in [0.05, 0.1) is 33.6 Å². The van der Waals surface area contributed by atoms with Crippen LogP contribution < -0.4 is 24.4 Å². The number of carbonyl (C=O) groups is 1. The van der Waals surface area contributed by atoms with E-state index < -0.39 is 0 Å². The number of nitrogens with zero attached hydrogens (tertiary/aromatic N) is 4. The molecule has 1 aromatic carbocycles. The van der Waals surface area contributed by atoms with Gasteiger partial charge in [-0.3, -0.25) is 9.78 Å². The molecule has 1 amide bonds. The minimum Gasteiger partial charge on any atom is -0.493 e. The lowest BCUT2D eigenvalue weighted by Crippen LogP contribution is -2.34. The first kappa shape index (κ1) is 23.3. The number of piperidine rings is 1. The summed E-state index contributed by atoms with van der Waals surface area (Å²) in [6.07, 6.45) is 6.57. The molecule has 2 aromatic heterocycles. The van der Waals surface area contributed by atoms with E-state index in [9.17, 15) is 4.79 Å². The summed E-state index contributed by atoms with van der Waals surface area (Å²) in [5.74, 6) is 2.38. The summed E-state index contributed by atoms with van der Waals surface area (Å²) in [7, 11) is 4.69. The first-order valence-corrected chi connectivity index (χ1v) is 11.2. The van der Waals surface area contributed by atoms with E-state index in [0.29, 0.717) is 46.6 Å². The SMILES string of the molecule is COc1cc(-c2ncc(C(=O)NCc3ccccn3)c(N3CCCCC3)n2)cc(OC)c1OC. The van der Waals surface area contributed by atoms with Crippen molar-refractivity contribution in [1.29, 1.82) is 0 Å². The maximum atomic E-state index is 13.1. The van der Waals surface area contributed by atoms with Crippen LogP contribution in [-0.4, -0.2) is 55.3 Å². The number of aromatic nitrogens is 3. The van der Waals surface area contributed by atoms with Crippen LogP contribution in [0.15, 0.2) is 42.7 Å². The molecule has 3 heterocycles. The van der Waals surface area contributed by atoms with Crippen LogP contribution in [0.1, 0.15) is 35.3 Å². The fourth-order valence-electron chi connectivity index (χ4n) is 4.00. The van der Waals surface area contributed by atoms with E-state index in [0.717, 1.165) is 31.6 Å². The number of amides is 1. The zero-order chi connectivity index (χ0) is 23.9. The number of ether oxygens (including phenoxy) is 3. The van der Waals surface area contributed by atoms with Gasteiger partial charge >= 0.3 is 0 Å². The summed E-state index contributed by atoms with van der Waals surface area (Å²) in [5, 5.41) is 2.94. The van der Waals surface area contributed by atoms with Gasteiger partial charge in [0.1, 0.15) is 11.4 Å². The van der Waals surface area contributed by atoms with Crippen LogP contribution >= 0.6 is 0 Å². The molecule has 4 rings (SSSR count). The largest absolute Gasteiger partial charge is 0.493 e. The molecule has 0 radical (unpaired) electrons. The molecule has 9 heteroatoms. The summed E-state index contributed by atoms with van der Waals surface area (Å²) >= 11 is 0. The number of anilines is 1. The quantitative estimate of drug-likeness (QED) is 0.542. The van der Waals surface area contributed by atoms with E-state index in [-0.39, 0.29) is 5.91 Å². The zero-order valence-corrected chi connectivity index (χ0v) is 19.7. The monoisotopic (exact) mass is 463 g/mol. The van der Waals surface area contributed by atoms with Crippen LogP contribution in [0, 0.1) is 0 Å². The molecule has 178 valence electrons. The second kappa shape index (κ2) is 10.8. The second-order valence-electron chi connectivity index (χ2n) is 7.90. The molecule has 0 spiro atoms. The molecule has 1 saturated heterocycles. The van der Waals surface area contributed by atoms with Crippen molar-refractivity contribution in [3.63, 3.8) is 0 Å². The Kier molecular flexibility index (Phi) is 7.41. The lowest BCUT2D eigenvalue weighted by Gasteiger charge is -2.29. The van der Waals surface area contributed by atoms with Crippen molar-refractivity contribution in [2.45, 2.75) is 25.8 Å². The standard InChI is InChI=1S/C25H29N5O4/c1-32-20-13-17(14-21(33-2)22(20)34-3)23-27-16-19(24(29-23)30-11-7-4-8-12-30)25(31)28-15-18-9-5-6-10-26-18/h5-6,9-10,13-14,16H,4,7-8,11-12,15H2,1-3H3,(H,28,31). The van der Waals surface area contributed by atoms with E-state index in [4.69, 9.17) is 19.2 Å². The van der Waals surface area contributed by atoms with Crippen molar-refractivity contribution in [2.75, 3.05) is 39.3 Å². The van der Waals surface area contributed by atoms with Crippen molar-refractivity contribution in [3.05, 3.63) is 54.0 Å². The van der Waals surface area contributed by atoms with E-state index in [1.165, 1.54) is 6.42 Å². The highest BCUT2D eigenvalue weighted by atomic mass is 16.5. The maximum absolute atomic E-state index is 13.1. The number of benzene rings is 1. The summed E-state index contributed by atoms with van der Waals surface area (Å²) in [6.45, 7) is 2.01. The van der Waals surface area contributed by atoms with Crippen molar-refractivity contribution < 1.29 is 19.0 Å². The number of methoxy groups -OCH3 is 3. The predicted octanol–water partition coefficient (Wildman–Crippen LogP) is 3.48. The molecule has 0 atom stereocenters. The Morgan fingerprint density at radius 1 is 1.00 bits per heavy atom. The molecule has 1 fully saturated rings. The molecule has 3 aromatic rings. The lowest BCUT2D eigenvalue weighted by molar-refractivity contribution is 0.0950. The summed E-state index contributed by atoms with van der Waals surface area (Å²) < 4.78 is 16.4. The topological polar surface area (TPSA) is 98.7 Å². The molecule has 1 aliphatic heterocycles. The maximum Gasteiger partial charge on any atom is 0.256 e. The first-order chi connectivity index (χ1) is 16.6. The minimum atomic E-state index is -0.234. The van der Waals surface area contributed by atoms with Crippen molar-refractivity contribution in [1.82, 2.24) is 20.3 Å². The van der Waals surface area contributed by atoms with Crippen molar-refractivity contribution in [3.8, 4) is 28.6 Å². The highest BCUT2D eigenvalue weighted by Gasteiger charge is 2.23. The molecule has 34 heavy (non-hydrogen) atoms. The number of hydrogen-bond acceptors (Lipinski definition) is 8. The summed E-state index contributed by atoms with van der Waals surface area (Å²) in [5.41, 5.74) is 1.92. The van der Waals surface area contributed by atoms with Gasteiger partial charge in [0, 0.05) is 31.0 Å². The van der Waals surface area contributed by atoms with Gasteiger partial charge in [-0.25, -0.2) is 9.97 Å². The lowest BCUT2D eigenvalue weighted by atomic mass is 10.1. The Bertz CT molecular complexity index is 1110. The summed E-state index contributed by atoms with van der Waals surface area (Å²) in [4.78, 5) is 28.9. The Balaban J connectivity index is 1.70. The van der Waals surface area contributed by atoms with E-state index in [1.54, 1.807) is 45.9 Å². The van der Waals surface area contributed by atoms with Gasteiger partial charge in [0.2, 0.25) is 5.75 Å². The molecule has 0 unspecified atom stereocenters. The Morgan fingerprint density at radius 3 is 2.35 bits per heavy atom. The first-order valence-electron chi connectivity index (χ1n) is 11.2. The van der Waals surface area contributed by atoms with Crippen molar-refractivity contribution >= 4 is 11.7 Å². The van der Waals surface area contributed by atoms with E-state index in [2.05, 4.69) is 20.2 Å². The Hall–Kier alpha value is -3.88. The molecule has 1 aliphatic rings. The minimum absolute atomic E-state index is 0.234. The highest BCUT2D eigenvalue weighted by molar-refractivity contribution is 5.99. The van der Waals surface area contributed by atoms with Gasteiger partial charge in [0.15, 0.2) is 17.3 Å². The van der Waals surface area contributed by atoms with Crippen LogP contribution in [0.3, 0.4) is 0 Å². The number of pyridine rings is 1. The van der Waals surface area contributed by atoms with Gasteiger partial charge in [-0.1, -0.05) is 6.07 Å². The average Bonchev–Trinajstić information content (AvgIpc) is 2.91. The molecule has 0 aliphatic carbocycles. The average molecular weight is 464 g/mol. The second-order valence-corrected chi connectivity index (χ2v) is 7.90. The van der Waals surface area contributed by atoms with Crippen molar-refractivity contribution in [2.24, 2.45) is 0 Å². The van der Waals surface area contributed by atoms with E-state index in [1.807, 2.05) is 18.2 Å². The third-order valence-electron chi connectivity index (χ3n) is 5.75. The smallest absolute Gasteiger partial charge is 0.256 e. The molecular formula is C25H29N5O4. The molecule has 0 bridgehead atoms. The summed E-state index contributed by atoms with van der Waals surface area (Å²) in [6, 6.07) is 9.21. The fourth-order valence-corrected chi connectivity index (χ4v) is 4.00. The van der Waals surface area contributed by atoms with Gasteiger partial charge in [-0.05, 0) is 43.5 Å². The van der Waals surface area contributed by atoms with Gasteiger partial charge in [-0.2, -0.15) is 0 Å². The van der Waals surface area contributed by atoms with Crippen LogP contribution in [0.2, 0.25) is 0 Å². The number of hydrogen-bond donors (Lipinski definition) is 1. The Morgan fingerprint density at radius 2 is 1.74 bits per heavy atom. The number of nitrogens with one attached hydrogen (secondary N) is 1. The normalized spacial score (nSPS) is 13.3. The van der Waals surface area contributed by atoms with Gasteiger partial charge in [-0.15, -0.1) is 0 Å². The van der Waals surface area contributed by atoms with Crippen LogP contribution in [0.4, 0.5) is 5.82 Å². The molecule has 0 saturated carbocycles. The van der Waals surface area contributed by atoms with E-state index >= 15 is 0 Å². The number of rotatable bonds is 8. The number of carbonyl (C=O) groups excluding carboxylic acids is 1. The van der Waals surface area contributed by atoms with Crippen LogP contribution in [-0.2, 0) is 6.54 Å². The molecule has 1 N–H and O–H groups in total. The predicted molar refractivity (Wildman–Crippen MR) is 129 cm³/mol. The van der Waals surface area contributed by atoms with Gasteiger partial charge in [0.25, 0.3) is 5.91 Å². The third kappa shape index (κ3) is 5.03. The van der Waals surface area contributed by atoms with Crippen LogP contribution in [0.5, 0.6) is 17.2 Å². The molecular weight excluding hydrogens is 434 g/mol. The fraction of sp³-hybridized carbons (Fsp3) is 0.360. The molecule has 9 nitrogen and oxygen atoms in total.